The molecule has 0 heterocycles. The van der Waals surface area contributed by atoms with Crippen LogP contribution in [-0.2, 0) is 6.42 Å². The Bertz CT molecular complexity index is 380. The van der Waals surface area contributed by atoms with E-state index in [2.05, 4.69) is 61.6 Å². The van der Waals surface area contributed by atoms with Crippen LogP contribution >= 0.6 is 0 Å². The molecule has 1 fully saturated rings. The lowest BCUT2D eigenvalue weighted by Gasteiger charge is -2.44. The lowest BCUT2D eigenvalue weighted by Crippen LogP contribution is -2.58. The van der Waals surface area contributed by atoms with E-state index in [9.17, 15) is 0 Å². The maximum Gasteiger partial charge on any atom is 0.0359 e. The summed E-state index contributed by atoms with van der Waals surface area (Å²) in [7, 11) is 4.52. The number of nitrogens with zero attached hydrogens (tertiary/aromatic N) is 1. The van der Waals surface area contributed by atoms with Gasteiger partial charge in [-0.05, 0) is 51.9 Å². The standard InChI is InChI=1S/C18H30N2/c1-4-14-19-17(15-16-10-6-5-7-11-16)18(20(2)3)12-8-9-13-18/h5-7,10-11,17,19H,4,8-9,12-15H2,1-3H3. The first-order valence-corrected chi connectivity index (χ1v) is 8.14. The fraction of sp³-hybridized carbons (Fsp3) is 0.667. The van der Waals surface area contributed by atoms with Crippen molar-refractivity contribution in [3.05, 3.63) is 35.9 Å². The largest absolute Gasteiger partial charge is 0.312 e. The highest BCUT2D eigenvalue weighted by molar-refractivity contribution is 5.18. The molecule has 20 heavy (non-hydrogen) atoms. The van der Waals surface area contributed by atoms with Crippen LogP contribution in [-0.4, -0.2) is 37.1 Å². The van der Waals surface area contributed by atoms with Crippen LogP contribution in [0.2, 0.25) is 0 Å². The van der Waals surface area contributed by atoms with Gasteiger partial charge in [-0.2, -0.15) is 0 Å². The van der Waals surface area contributed by atoms with Gasteiger partial charge < -0.3 is 10.2 Å². The van der Waals surface area contributed by atoms with Crippen molar-refractivity contribution < 1.29 is 0 Å². The monoisotopic (exact) mass is 274 g/mol. The Kier molecular flexibility index (Phi) is 5.62. The average Bonchev–Trinajstić information content (AvgIpc) is 2.95. The summed E-state index contributed by atoms with van der Waals surface area (Å²) in [6, 6.07) is 11.5. The van der Waals surface area contributed by atoms with E-state index in [1.54, 1.807) is 0 Å². The van der Waals surface area contributed by atoms with Crippen molar-refractivity contribution in [3.8, 4) is 0 Å². The zero-order chi connectivity index (χ0) is 14.4. The molecule has 1 atom stereocenters. The Morgan fingerprint density at radius 1 is 1.15 bits per heavy atom. The van der Waals surface area contributed by atoms with E-state index < -0.39 is 0 Å². The molecule has 1 unspecified atom stereocenters. The highest BCUT2D eigenvalue weighted by atomic mass is 15.2. The molecule has 1 saturated carbocycles. The van der Waals surface area contributed by atoms with Gasteiger partial charge in [0.05, 0.1) is 0 Å². The molecule has 2 nitrogen and oxygen atoms in total. The Labute approximate surface area is 124 Å². The highest BCUT2D eigenvalue weighted by Crippen LogP contribution is 2.37. The Morgan fingerprint density at radius 3 is 2.35 bits per heavy atom. The van der Waals surface area contributed by atoms with Gasteiger partial charge in [-0.25, -0.2) is 0 Å². The number of hydrogen-bond donors (Lipinski definition) is 1. The van der Waals surface area contributed by atoms with Crippen LogP contribution in [0, 0.1) is 0 Å². The van der Waals surface area contributed by atoms with E-state index in [0.717, 1.165) is 13.0 Å². The number of benzene rings is 1. The first-order chi connectivity index (χ1) is 9.69. The van der Waals surface area contributed by atoms with Gasteiger partial charge in [0.1, 0.15) is 0 Å². The van der Waals surface area contributed by atoms with Crippen molar-refractivity contribution in [2.75, 3.05) is 20.6 Å². The van der Waals surface area contributed by atoms with Crippen molar-refractivity contribution >= 4 is 0 Å². The quantitative estimate of drug-likeness (QED) is 0.819. The molecule has 1 aliphatic rings. The minimum atomic E-state index is 0.338. The van der Waals surface area contributed by atoms with Gasteiger partial charge in [0.2, 0.25) is 0 Å². The molecule has 0 amide bonds. The second-order valence-corrected chi connectivity index (χ2v) is 6.40. The van der Waals surface area contributed by atoms with E-state index in [-0.39, 0.29) is 0 Å². The third kappa shape index (κ3) is 3.42. The summed E-state index contributed by atoms with van der Waals surface area (Å²) in [4.78, 5) is 2.48. The second-order valence-electron chi connectivity index (χ2n) is 6.40. The SMILES string of the molecule is CCCNC(Cc1ccccc1)C1(N(C)C)CCCC1. The molecule has 2 heteroatoms. The lowest BCUT2D eigenvalue weighted by molar-refractivity contribution is 0.104. The minimum absolute atomic E-state index is 0.338. The number of nitrogens with one attached hydrogen (secondary N) is 1. The molecule has 1 aliphatic carbocycles. The van der Waals surface area contributed by atoms with Crippen LogP contribution in [0.1, 0.15) is 44.6 Å². The van der Waals surface area contributed by atoms with Crippen LogP contribution in [0.4, 0.5) is 0 Å². The molecule has 1 N–H and O–H groups in total. The number of rotatable bonds is 7. The summed E-state index contributed by atoms with van der Waals surface area (Å²) < 4.78 is 0. The van der Waals surface area contributed by atoms with E-state index in [1.807, 2.05) is 0 Å². The van der Waals surface area contributed by atoms with E-state index >= 15 is 0 Å². The summed E-state index contributed by atoms with van der Waals surface area (Å²) in [5.74, 6) is 0. The van der Waals surface area contributed by atoms with Gasteiger partial charge in [0.25, 0.3) is 0 Å². The van der Waals surface area contributed by atoms with Crippen LogP contribution in [0.5, 0.6) is 0 Å². The zero-order valence-electron chi connectivity index (χ0n) is 13.4. The third-order valence-corrected chi connectivity index (χ3v) is 4.93. The maximum absolute atomic E-state index is 3.84. The molecule has 112 valence electrons. The minimum Gasteiger partial charge on any atom is -0.312 e. The molecule has 0 bridgehead atoms. The molecule has 0 saturated heterocycles. The summed E-state index contributed by atoms with van der Waals surface area (Å²) in [5.41, 5.74) is 1.79. The van der Waals surface area contributed by atoms with Crippen LogP contribution in [0.3, 0.4) is 0 Å². The third-order valence-electron chi connectivity index (χ3n) is 4.93. The number of hydrogen-bond acceptors (Lipinski definition) is 2. The summed E-state index contributed by atoms with van der Waals surface area (Å²) in [5, 5.41) is 3.84. The Hall–Kier alpha value is -0.860. The Morgan fingerprint density at radius 2 is 1.80 bits per heavy atom. The molecule has 2 rings (SSSR count). The summed E-state index contributed by atoms with van der Waals surface area (Å²) in [6.45, 7) is 3.37. The maximum atomic E-state index is 3.84. The van der Waals surface area contributed by atoms with Crippen molar-refractivity contribution in [2.45, 2.75) is 57.0 Å². The van der Waals surface area contributed by atoms with Crippen LogP contribution in [0.15, 0.2) is 30.3 Å². The lowest BCUT2D eigenvalue weighted by atomic mass is 9.83. The molecular formula is C18H30N2. The highest BCUT2D eigenvalue weighted by Gasteiger charge is 2.42. The molecule has 0 radical (unpaired) electrons. The van der Waals surface area contributed by atoms with Crippen molar-refractivity contribution in [1.29, 1.82) is 0 Å². The van der Waals surface area contributed by atoms with Gasteiger partial charge in [-0.1, -0.05) is 50.1 Å². The average molecular weight is 274 g/mol. The molecule has 0 aliphatic heterocycles. The fourth-order valence-corrected chi connectivity index (χ4v) is 3.72. The normalized spacial score (nSPS) is 19.4. The van der Waals surface area contributed by atoms with Crippen molar-refractivity contribution in [3.63, 3.8) is 0 Å². The van der Waals surface area contributed by atoms with Gasteiger partial charge in [-0.15, -0.1) is 0 Å². The van der Waals surface area contributed by atoms with Crippen molar-refractivity contribution in [1.82, 2.24) is 10.2 Å². The van der Waals surface area contributed by atoms with Gasteiger partial charge >= 0.3 is 0 Å². The molecule has 1 aromatic rings. The zero-order valence-corrected chi connectivity index (χ0v) is 13.4. The van der Waals surface area contributed by atoms with E-state index in [1.165, 1.54) is 37.7 Å². The summed E-state index contributed by atoms with van der Waals surface area (Å²) in [6.07, 6.45) is 7.74. The molecule has 0 aromatic heterocycles. The first-order valence-electron chi connectivity index (χ1n) is 8.14. The Balaban J connectivity index is 2.17. The fourth-order valence-electron chi connectivity index (χ4n) is 3.72. The predicted octanol–water partition coefficient (Wildman–Crippen LogP) is 3.47. The smallest absolute Gasteiger partial charge is 0.0359 e. The van der Waals surface area contributed by atoms with E-state index in [0.29, 0.717) is 11.6 Å². The molecular weight excluding hydrogens is 244 g/mol. The second kappa shape index (κ2) is 7.24. The van der Waals surface area contributed by atoms with Crippen LogP contribution in [0.25, 0.3) is 0 Å². The summed E-state index contributed by atoms with van der Waals surface area (Å²) >= 11 is 0. The number of likely N-dealkylation sites (N-methyl/N-ethyl adjacent to an activating group) is 1. The van der Waals surface area contributed by atoms with E-state index in [4.69, 9.17) is 0 Å². The first kappa shape index (κ1) is 15.5. The van der Waals surface area contributed by atoms with Crippen molar-refractivity contribution in [2.24, 2.45) is 0 Å². The molecule has 0 spiro atoms. The molecule has 1 aromatic carbocycles. The predicted molar refractivity (Wildman–Crippen MR) is 87.1 cm³/mol. The topological polar surface area (TPSA) is 15.3 Å². The van der Waals surface area contributed by atoms with Gasteiger partial charge in [0.15, 0.2) is 0 Å². The van der Waals surface area contributed by atoms with Crippen LogP contribution < -0.4 is 5.32 Å². The van der Waals surface area contributed by atoms with Gasteiger partial charge in [0, 0.05) is 11.6 Å². The van der Waals surface area contributed by atoms with Gasteiger partial charge in [-0.3, -0.25) is 0 Å².